The zero-order valence-electron chi connectivity index (χ0n) is 15.9. The number of benzene rings is 1. The van der Waals surface area contributed by atoms with E-state index in [0.29, 0.717) is 0 Å². The number of hydrogen-bond donors (Lipinski definition) is 4. The number of aliphatic carboxylic acids is 1. The summed E-state index contributed by atoms with van der Waals surface area (Å²) in [6.07, 6.45) is 9.15. The number of hydrogen-bond acceptors (Lipinski definition) is 2. The van der Waals surface area contributed by atoms with Gasteiger partial charge in [-0.3, -0.25) is 0 Å². The SMILES string of the molecule is O=C(NC(Cc1c[nH]c2ccccc12)C(=O)O)NC12CC3CC(CC(C3)C1)C2. The lowest BCUT2D eigenvalue weighted by Crippen LogP contribution is -2.62. The number of urea groups is 1. The molecule has 148 valence electrons. The van der Waals surface area contributed by atoms with Crippen LogP contribution in [0.2, 0.25) is 0 Å². The molecular weight excluding hydrogens is 354 g/mol. The average Bonchev–Trinajstić information content (AvgIpc) is 3.02. The smallest absolute Gasteiger partial charge is 0.326 e. The number of rotatable bonds is 5. The van der Waals surface area contributed by atoms with Gasteiger partial charge >= 0.3 is 12.0 Å². The summed E-state index contributed by atoms with van der Waals surface area (Å²) < 4.78 is 0. The fourth-order valence-electron chi connectivity index (χ4n) is 6.42. The van der Waals surface area contributed by atoms with E-state index < -0.39 is 12.0 Å². The number of para-hydroxylation sites is 1. The second kappa shape index (κ2) is 6.54. The van der Waals surface area contributed by atoms with Crippen LogP contribution in [-0.2, 0) is 11.2 Å². The van der Waals surface area contributed by atoms with Crippen LogP contribution in [0, 0.1) is 17.8 Å². The van der Waals surface area contributed by atoms with Gasteiger partial charge in [-0.2, -0.15) is 0 Å². The summed E-state index contributed by atoms with van der Waals surface area (Å²) in [6, 6.07) is 6.51. The highest BCUT2D eigenvalue weighted by Gasteiger charge is 2.51. The molecule has 6 heteroatoms. The summed E-state index contributed by atoms with van der Waals surface area (Å²) >= 11 is 0. The quantitative estimate of drug-likeness (QED) is 0.639. The highest BCUT2D eigenvalue weighted by Crippen LogP contribution is 2.55. The molecule has 1 aromatic carbocycles. The van der Waals surface area contributed by atoms with E-state index in [1.165, 1.54) is 19.3 Å². The van der Waals surface area contributed by atoms with E-state index in [4.69, 9.17) is 0 Å². The van der Waals surface area contributed by atoms with Crippen LogP contribution in [0.1, 0.15) is 44.1 Å². The van der Waals surface area contributed by atoms with Crippen molar-refractivity contribution in [1.29, 1.82) is 0 Å². The van der Waals surface area contributed by atoms with E-state index in [9.17, 15) is 14.7 Å². The van der Waals surface area contributed by atoms with Crippen LogP contribution < -0.4 is 10.6 Å². The van der Waals surface area contributed by atoms with E-state index in [-0.39, 0.29) is 18.0 Å². The topological polar surface area (TPSA) is 94.2 Å². The number of fused-ring (bicyclic) bond motifs is 1. The summed E-state index contributed by atoms with van der Waals surface area (Å²) in [6.45, 7) is 0. The fraction of sp³-hybridized carbons (Fsp3) is 0.545. The van der Waals surface area contributed by atoms with Gasteiger partial charge in [0.15, 0.2) is 0 Å². The minimum Gasteiger partial charge on any atom is -0.480 e. The van der Waals surface area contributed by atoms with Gasteiger partial charge in [-0.05, 0) is 67.9 Å². The molecule has 6 nitrogen and oxygen atoms in total. The molecule has 4 N–H and O–H groups in total. The number of aromatic amines is 1. The van der Waals surface area contributed by atoms with Gasteiger partial charge in [0.05, 0.1) is 0 Å². The molecule has 1 atom stereocenters. The largest absolute Gasteiger partial charge is 0.480 e. The second-order valence-corrected chi connectivity index (χ2v) is 9.25. The van der Waals surface area contributed by atoms with Gasteiger partial charge in [-0.15, -0.1) is 0 Å². The molecule has 0 saturated heterocycles. The summed E-state index contributed by atoms with van der Waals surface area (Å²) in [5.41, 5.74) is 1.75. The number of carbonyl (C=O) groups is 2. The van der Waals surface area contributed by atoms with Crippen molar-refractivity contribution < 1.29 is 14.7 Å². The van der Waals surface area contributed by atoms with Crippen molar-refractivity contribution in [3.05, 3.63) is 36.0 Å². The molecule has 2 aromatic rings. The van der Waals surface area contributed by atoms with Crippen LogP contribution in [0.3, 0.4) is 0 Å². The first-order chi connectivity index (χ1) is 13.5. The lowest BCUT2D eigenvalue weighted by atomic mass is 9.53. The van der Waals surface area contributed by atoms with E-state index in [2.05, 4.69) is 15.6 Å². The number of nitrogens with one attached hydrogen (secondary N) is 3. The van der Waals surface area contributed by atoms with Crippen molar-refractivity contribution in [2.24, 2.45) is 17.8 Å². The summed E-state index contributed by atoms with van der Waals surface area (Å²) in [7, 11) is 0. The summed E-state index contributed by atoms with van der Waals surface area (Å²) in [5, 5.41) is 16.6. The molecule has 0 aliphatic heterocycles. The Balaban J connectivity index is 1.28. The third kappa shape index (κ3) is 3.15. The van der Waals surface area contributed by atoms with Crippen LogP contribution in [-0.4, -0.2) is 33.7 Å². The standard InChI is InChI=1S/C22H27N3O3/c26-20(27)19(8-16-12-23-18-4-2-1-3-17(16)18)24-21(28)25-22-9-13-5-14(10-22)7-15(6-13)11-22/h1-4,12-15,19,23H,5-11H2,(H,26,27)(H2,24,25,28). The van der Waals surface area contributed by atoms with Gasteiger partial charge < -0.3 is 20.7 Å². The Hall–Kier alpha value is -2.50. The number of amides is 2. The molecule has 0 radical (unpaired) electrons. The predicted molar refractivity (Wildman–Crippen MR) is 106 cm³/mol. The third-order valence-electron chi connectivity index (χ3n) is 7.12. The van der Waals surface area contributed by atoms with Gasteiger partial charge in [0, 0.05) is 29.1 Å². The normalized spacial score (nSPS) is 31.6. The summed E-state index contributed by atoms with van der Waals surface area (Å²) in [5.74, 6) is 1.18. The van der Waals surface area contributed by atoms with Crippen molar-refractivity contribution in [3.8, 4) is 0 Å². The molecule has 4 fully saturated rings. The average molecular weight is 381 g/mol. The van der Waals surface area contributed by atoms with Gasteiger partial charge in [-0.25, -0.2) is 9.59 Å². The van der Waals surface area contributed by atoms with Crippen molar-refractivity contribution in [3.63, 3.8) is 0 Å². The Bertz CT molecular complexity index is 883. The summed E-state index contributed by atoms with van der Waals surface area (Å²) in [4.78, 5) is 27.7. The molecule has 4 aliphatic carbocycles. The Morgan fingerprint density at radius 1 is 1.11 bits per heavy atom. The Kier molecular flexibility index (Phi) is 4.11. The monoisotopic (exact) mass is 381 g/mol. The molecular formula is C22H27N3O3. The van der Waals surface area contributed by atoms with Gasteiger partial charge in [0.2, 0.25) is 0 Å². The predicted octanol–water partition coefficient (Wildman–Crippen LogP) is 3.43. The van der Waals surface area contributed by atoms with E-state index in [1.54, 1.807) is 0 Å². The van der Waals surface area contributed by atoms with Crippen molar-refractivity contribution in [2.75, 3.05) is 0 Å². The van der Waals surface area contributed by atoms with Crippen molar-refractivity contribution in [1.82, 2.24) is 15.6 Å². The highest BCUT2D eigenvalue weighted by atomic mass is 16.4. The van der Waals surface area contributed by atoms with Gasteiger partial charge in [0.25, 0.3) is 0 Å². The van der Waals surface area contributed by atoms with Crippen LogP contribution in [0.5, 0.6) is 0 Å². The first-order valence-corrected chi connectivity index (χ1v) is 10.4. The number of carbonyl (C=O) groups excluding carboxylic acids is 1. The molecule has 4 aliphatic rings. The molecule has 6 rings (SSSR count). The van der Waals surface area contributed by atoms with E-state index >= 15 is 0 Å². The van der Waals surface area contributed by atoms with Crippen LogP contribution >= 0.6 is 0 Å². The van der Waals surface area contributed by atoms with E-state index in [0.717, 1.165) is 53.5 Å². The number of carboxylic acids is 1. The Morgan fingerprint density at radius 2 is 1.75 bits per heavy atom. The molecule has 0 spiro atoms. The maximum atomic E-state index is 12.7. The lowest BCUT2D eigenvalue weighted by Gasteiger charge is -2.56. The number of carboxylic acid groups (broad SMARTS) is 1. The zero-order valence-corrected chi connectivity index (χ0v) is 15.9. The minimum absolute atomic E-state index is 0.122. The van der Waals surface area contributed by atoms with Crippen LogP contribution in [0.25, 0.3) is 10.9 Å². The van der Waals surface area contributed by atoms with Crippen molar-refractivity contribution >= 4 is 22.9 Å². The van der Waals surface area contributed by atoms with Gasteiger partial charge in [0.1, 0.15) is 6.04 Å². The molecule has 4 bridgehead atoms. The first kappa shape index (κ1) is 17.6. The van der Waals surface area contributed by atoms with Gasteiger partial charge in [-0.1, -0.05) is 18.2 Å². The third-order valence-corrected chi connectivity index (χ3v) is 7.12. The van der Waals surface area contributed by atoms with Crippen LogP contribution in [0.15, 0.2) is 30.5 Å². The molecule has 1 heterocycles. The first-order valence-electron chi connectivity index (χ1n) is 10.4. The van der Waals surface area contributed by atoms with E-state index in [1.807, 2.05) is 30.5 Å². The fourth-order valence-corrected chi connectivity index (χ4v) is 6.42. The maximum Gasteiger partial charge on any atom is 0.326 e. The number of aromatic nitrogens is 1. The minimum atomic E-state index is -1.01. The highest BCUT2D eigenvalue weighted by molar-refractivity contribution is 5.86. The molecule has 2 amide bonds. The molecule has 4 saturated carbocycles. The Labute approximate surface area is 164 Å². The maximum absolute atomic E-state index is 12.7. The number of H-pyrrole nitrogens is 1. The molecule has 28 heavy (non-hydrogen) atoms. The van der Waals surface area contributed by atoms with Crippen LogP contribution in [0.4, 0.5) is 4.79 Å². The lowest BCUT2D eigenvalue weighted by molar-refractivity contribution is -0.139. The Morgan fingerprint density at radius 3 is 2.39 bits per heavy atom. The second-order valence-electron chi connectivity index (χ2n) is 9.25. The molecule has 1 aromatic heterocycles. The zero-order chi connectivity index (χ0) is 19.3. The van der Waals surface area contributed by atoms with Crippen molar-refractivity contribution in [2.45, 2.75) is 56.5 Å². The molecule has 1 unspecified atom stereocenters.